The van der Waals surface area contributed by atoms with E-state index in [1.165, 1.54) is 13.0 Å². The van der Waals surface area contributed by atoms with Gasteiger partial charge in [0.2, 0.25) is 0 Å². The highest BCUT2D eigenvalue weighted by molar-refractivity contribution is 5.99. The van der Waals surface area contributed by atoms with Gasteiger partial charge in [-0.05, 0) is 19.9 Å². The van der Waals surface area contributed by atoms with E-state index in [1.54, 1.807) is 24.7 Å². The zero-order valence-corrected chi connectivity index (χ0v) is 12.2. The zero-order valence-electron chi connectivity index (χ0n) is 12.2. The highest BCUT2D eigenvalue weighted by Crippen LogP contribution is 2.29. The van der Waals surface area contributed by atoms with E-state index in [-0.39, 0.29) is 19.0 Å². The van der Waals surface area contributed by atoms with Crippen LogP contribution in [0.15, 0.2) is 12.3 Å². The van der Waals surface area contributed by atoms with E-state index in [0.29, 0.717) is 11.3 Å². The van der Waals surface area contributed by atoms with Crippen molar-refractivity contribution in [3.63, 3.8) is 0 Å². The first-order valence-corrected chi connectivity index (χ1v) is 6.55. The number of hydrogen-bond donors (Lipinski definition) is 2. The Morgan fingerprint density at radius 2 is 2.14 bits per heavy atom. The van der Waals surface area contributed by atoms with Gasteiger partial charge >= 0.3 is 5.97 Å². The van der Waals surface area contributed by atoms with Crippen molar-refractivity contribution in [2.75, 3.05) is 13.2 Å². The quantitative estimate of drug-likeness (QED) is 0.786. The number of rotatable bonds is 4. The minimum atomic E-state index is -1.15. The Morgan fingerprint density at radius 3 is 2.67 bits per heavy atom. The standard InChI is InChI=1S/C14H18N2O5/c1-8(17)9-4-10(16(3)5-9)12(18)15-11-6-21-7-14(11,2)13(19)20/h4-5,11H,6-7H2,1-3H3,(H,15,18)(H,19,20). The van der Waals surface area contributed by atoms with Crippen LogP contribution in [0.1, 0.15) is 34.7 Å². The second kappa shape index (κ2) is 5.33. The molecule has 7 nitrogen and oxygen atoms in total. The monoisotopic (exact) mass is 294 g/mol. The second-order valence-electron chi connectivity index (χ2n) is 5.54. The number of hydrogen-bond acceptors (Lipinski definition) is 4. The highest BCUT2D eigenvalue weighted by atomic mass is 16.5. The molecule has 0 aromatic carbocycles. The third kappa shape index (κ3) is 2.69. The maximum Gasteiger partial charge on any atom is 0.313 e. The van der Waals surface area contributed by atoms with E-state index >= 15 is 0 Å². The Bertz CT molecular complexity index is 607. The fraction of sp³-hybridized carbons (Fsp3) is 0.500. The molecule has 1 aromatic heterocycles. The Balaban J connectivity index is 2.18. The van der Waals surface area contributed by atoms with Gasteiger partial charge in [-0.25, -0.2) is 0 Å². The first-order chi connectivity index (χ1) is 9.75. The van der Waals surface area contributed by atoms with Gasteiger partial charge in [-0.15, -0.1) is 0 Å². The molecule has 2 unspecified atom stereocenters. The minimum Gasteiger partial charge on any atom is -0.481 e. The van der Waals surface area contributed by atoms with Crippen molar-refractivity contribution in [1.82, 2.24) is 9.88 Å². The molecule has 0 bridgehead atoms. The van der Waals surface area contributed by atoms with E-state index in [1.807, 2.05) is 0 Å². The summed E-state index contributed by atoms with van der Waals surface area (Å²) in [6, 6.07) is 0.879. The van der Waals surface area contributed by atoms with Crippen molar-refractivity contribution < 1.29 is 24.2 Å². The van der Waals surface area contributed by atoms with Gasteiger partial charge < -0.3 is 19.7 Å². The number of carbonyl (C=O) groups excluding carboxylic acids is 2. The number of aliphatic carboxylic acids is 1. The van der Waals surface area contributed by atoms with Gasteiger partial charge in [-0.2, -0.15) is 0 Å². The SMILES string of the molecule is CC(=O)c1cc(C(=O)NC2COCC2(C)C(=O)O)n(C)c1. The van der Waals surface area contributed by atoms with E-state index in [2.05, 4.69) is 5.32 Å². The van der Waals surface area contributed by atoms with Crippen LogP contribution >= 0.6 is 0 Å². The molecule has 1 amide bonds. The average Bonchev–Trinajstić information content (AvgIpc) is 2.95. The predicted octanol–water partition coefficient (Wildman–Crippen LogP) is 0.447. The summed E-state index contributed by atoms with van der Waals surface area (Å²) in [6.45, 7) is 3.17. The van der Waals surface area contributed by atoms with Gasteiger partial charge in [0.25, 0.3) is 5.91 Å². The Hall–Kier alpha value is -2.15. The zero-order chi connectivity index (χ0) is 15.8. The molecule has 1 saturated heterocycles. The largest absolute Gasteiger partial charge is 0.481 e. The molecule has 7 heteroatoms. The molecular weight excluding hydrogens is 276 g/mol. The summed E-state index contributed by atoms with van der Waals surface area (Å²) in [5, 5.41) is 12.0. The fourth-order valence-corrected chi connectivity index (χ4v) is 2.30. The number of carboxylic acids is 1. The number of ether oxygens (including phenoxy) is 1. The molecule has 1 aliphatic rings. The lowest BCUT2D eigenvalue weighted by Crippen LogP contribution is -2.49. The molecule has 1 aliphatic heterocycles. The van der Waals surface area contributed by atoms with Crippen molar-refractivity contribution in [3.05, 3.63) is 23.5 Å². The van der Waals surface area contributed by atoms with Crippen molar-refractivity contribution in [2.24, 2.45) is 12.5 Å². The fourth-order valence-electron chi connectivity index (χ4n) is 2.30. The number of aromatic nitrogens is 1. The molecule has 1 aromatic rings. The summed E-state index contributed by atoms with van der Waals surface area (Å²) in [4.78, 5) is 34.9. The molecular formula is C14H18N2O5. The van der Waals surface area contributed by atoms with Crippen LogP contribution in [0.4, 0.5) is 0 Å². The molecule has 0 spiro atoms. The summed E-state index contributed by atoms with van der Waals surface area (Å²) in [6.07, 6.45) is 1.57. The Labute approximate surface area is 121 Å². The predicted molar refractivity (Wildman–Crippen MR) is 73.2 cm³/mol. The first-order valence-electron chi connectivity index (χ1n) is 6.55. The molecule has 0 aliphatic carbocycles. The van der Waals surface area contributed by atoms with E-state index < -0.39 is 23.3 Å². The molecule has 1 fully saturated rings. The lowest BCUT2D eigenvalue weighted by Gasteiger charge is -2.25. The van der Waals surface area contributed by atoms with Crippen LogP contribution in [0.25, 0.3) is 0 Å². The highest BCUT2D eigenvalue weighted by Gasteiger charge is 2.47. The van der Waals surface area contributed by atoms with Gasteiger partial charge in [0.05, 0.1) is 19.3 Å². The van der Waals surface area contributed by atoms with Crippen LogP contribution in [-0.2, 0) is 16.6 Å². The summed E-state index contributed by atoms with van der Waals surface area (Å²) < 4.78 is 6.73. The average molecular weight is 294 g/mol. The molecule has 2 N–H and O–H groups in total. The van der Waals surface area contributed by atoms with Crippen LogP contribution in [-0.4, -0.2) is 46.6 Å². The molecule has 2 heterocycles. The van der Waals surface area contributed by atoms with E-state index in [9.17, 15) is 19.5 Å². The third-order valence-electron chi connectivity index (χ3n) is 3.89. The number of carboxylic acid groups (broad SMARTS) is 1. The van der Waals surface area contributed by atoms with Gasteiger partial charge in [-0.3, -0.25) is 14.4 Å². The van der Waals surface area contributed by atoms with Gasteiger partial charge in [-0.1, -0.05) is 0 Å². The number of aryl methyl sites for hydroxylation is 1. The molecule has 2 rings (SSSR count). The maximum atomic E-state index is 12.3. The van der Waals surface area contributed by atoms with Crippen LogP contribution < -0.4 is 5.32 Å². The van der Waals surface area contributed by atoms with Gasteiger partial charge in [0, 0.05) is 18.8 Å². The number of amides is 1. The van der Waals surface area contributed by atoms with E-state index in [4.69, 9.17) is 4.74 Å². The molecule has 114 valence electrons. The van der Waals surface area contributed by atoms with Crippen molar-refractivity contribution in [1.29, 1.82) is 0 Å². The van der Waals surface area contributed by atoms with Crippen molar-refractivity contribution >= 4 is 17.7 Å². The van der Waals surface area contributed by atoms with Crippen molar-refractivity contribution in [2.45, 2.75) is 19.9 Å². The van der Waals surface area contributed by atoms with Gasteiger partial charge in [0.1, 0.15) is 11.1 Å². The summed E-state index contributed by atoms with van der Waals surface area (Å²) in [5.41, 5.74) is -0.407. The maximum absolute atomic E-state index is 12.3. The first kappa shape index (κ1) is 15.2. The smallest absolute Gasteiger partial charge is 0.313 e. The number of carbonyl (C=O) groups is 3. The number of nitrogens with zero attached hydrogens (tertiary/aromatic N) is 1. The summed E-state index contributed by atoms with van der Waals surface area (Å²) in [7, 11) is 1.66. The van der Waals surface area contributed by atoms with Crippen molar-refractivity contribution in [3.8, 4) is 0 Å². The second-order valence-corrected chi connectivity index (χ2v) is 5.54. The lowest BCUT2D eigenvalue weighted by molar-refractivity contribution is -0.148. The Morgan fingerprint density at radius 1 is 1.48 bits per heavy atom. The number of ketones is 1. The summed E-state index contributed by atoms with van der Waals surface area (Å²) >= 11 is 0. The van der Waals surface area contributed by atoms with Crippen LogP contribution in [0, 0.1) is 5.41 Å². The van der Waals surface area contributed by atoms with Gasteiger partial charge in [0.15, 0.2) is 5.78 Å². The third-order valence-corrected chi connectivity index (χ3v) is 3.89. The number of nitrogens with one attached hydrogen (secondary N) is 1. The van der Waals surface area contributed by atoms with Crippen LogP contribution in [0.2, 0.25) is 0 Å². The normalized spacial score (nSPS) is 24.8. The lowest BCUT2D eigenvalue weighted by atomic mass is 9.85. The summed E-state index contributed by atoms with van der Waals surface area (Å²) in [5.74, 6) is -1.57. The minimum absolute atomic E-state index is 0.0547. The molecule has 0 saturated carbocycles. The molecule has 0 radical (unpaired) electrons. The topological polar surface area (TPSA) is 97.6 Å². The van der Waals surface area contributed by atoms with Crippen LogP contribution in [0.5, 0.6) is 0 Å². The Kier molecular flexibility index (Phi) is 3.87. The number of Topliss-reactive ketones (excluding diaryl/α,β-unsaturated/α-hetero) is 1. The van der Waals surface area contributed by atoms with E-state index in [0.717, 1.165) is 0 Å². The van der Waals surface area contributed by atoms with Crippen LogP contribution in [0.3, 0.4) is 0 Å². The molecule has 2 atom stereocenters. The molecule has 21 heavy (non-hydrogen) atoms.